The van der Waals surface area contributed by atoms with Crippen LogP contribution in [0.15, 0.2) is 12.7 Å². The molecule has 2 aliphatic rings. The first-order valence-corrected chi connectivity index (χ1v) is 7.44. The molecule has 0 bridgehead atoms. The number of carbonyl (C=O) groups is 1. The predicted molar refractivity (Wildman–Crippen MR) is 75.5 cm³/mol. The fraction of sp³-hybridized carbons (Fsp3) is 0.800. The van der Waals surface area contributed by atoms with Crippen molar-refractivity contribution in [2.24, 2.45) is 5.92 Å². The van der Waals surface area contributed by atoms with E-state index in [2.05, 4.69) is 11.5 Å². The number of morpholine rings is 1. The maximum absolute atomic E-state index is 10.7. The van der Waals surface area contributed by atoms with Gasteiger partial charge in [-0.05, 0) is 6.42 Å². The van der Waals surface area contributed by atoms with Gasteiger partial charge in [0, 0.05) is 37.9 Å². The zero-order valence-electron chi connectivity index (χ0n) is 11.9. The van der Waals surface area contributed by atoms with Crippen molar-refractivity contribution < 1.29 is 19.4 Å². The summed E-state index contributed by atoms with van der Waals surface area (Å²) in [4.78, 5) is 13.0. The molecule has 1 heterocycles. The van der Waals surface area contributed by atoms with Crippen molar-refractivity contribution in [2.45, 2.75) is 37.5 Å². The Labute approximate surface area is 120 Å². The van der Waals surface area contributed by atoms with Crippen LogP contribution in [0.2, 0.25) is 0 Å². The van der Waals surface area contributed by atoms with Crippen LogP contribution in [0.5, 0.6) is 0 Å². The molecule has 20 heavy (non-hydrogen) atoms. The lowest BCUT2D eigenvalue weighted by Crippen LogP contribution is -2.50. The molecule has 114 valence electrons. The second-order valence-corrected chi connectivity index (χ2v) is 5.51. The number of aldehydes is 1. The summed E-state index contributed by atoms with van der Waals surface area (Å²) < 4.78 is 11.2. The largest absolute Gasteiger partial charge is 0.391 e. The Kier molecular flexibility index (Phi) is 6.16. The van der Waals surface area contributed by atoms with Gasteiger partial charge < -0.3 is 19.4 Å². The van der Waals surface area contributed by atoms with Crippen LogP contribution in [0.25, 0.3) is 0 Å². The van der Waals surface area contributed by atoms with E-state index in [0.29, 0.717) is 32.7 Å². The SMILES string of the molecule is C=CCO[C@@H]1C[C@H](O)[C@@H](N2CCOCC2)[C@@H]1CCC=O. The molecule has 0 aromatic heterocycles. The molecule has 5 heteroatoms. The Morgan fingerprint density at radius 3 is 2.80 bits per heavy atom. The summed E-state index contributed by atoms with van der Waals surface area (Å²) in [7, 11) is 0. The maximum atomic E-state index is 10.7. The molecule has 0 aromatic carbocycles. The van der Waals surface area contributed by atoms with Crippen molar-refractivity contribution in [3.63, 3.8) is 0 Å². The Balaban J connectivity index is 2.04. The fourth-order valence-corrected chi connectivity index (χ4v) is 3.45. The minimum Gasteiger partial charge on any atom is -0.391 e. The molecule has 0 unspecified atom stereocenters. The van der Waals surface area contributed by atoms with Crippen molar-refractivity contribution in [3.8, 4) is 0 Å². The third kappa shape index (κ3) is 3.67. The zero-order valence-corrected chi connectivity index (χ0v) is 11.9. The number of aliphatic hydroxyl groups excluding tert-OH is 1. The van der Waals surface area contributed by atoms with Gasteiger partial charge in [0.25, 0.3) is 0 Å². The van der Waals surface area contributed by atoms with Gasteiger partial charge >= 0.3 is 0 Å². The van der Waals surface area contributed by atoms with Crippen LogP contribution in [-0.4, -0.2) is 67.5 Å². The van der Waals surface area contributed by atoms with Crippen molar-refractivity contribution >= 4 is 6.29 Å². The Hall–Kier alpha value is -0.750. The molecule has 0 radical (unpaired) electrons. The second kappa shape index (κ2) is 7.88. The van der Waals surface area contributed by atoms with Gasteiger partial charge in [-0.15, -0.1) is 6.58 Å². The molecule has 4 atom stereocenters. The Morgan fingerprint density at radius 2 is 2.15 bits per heavy atom. The smallest absolute Gasteiger partial charge is 0.120 e. The van der Waals surface area contributed by atoms with Crippen molar-refractivity contribution in [1.82, 2.24) is 4.90 Å². The molecule has 2 fully saturated rings. The van der Waals surface area contributed by atoms with Crippen molar-refractivity contribution in [1.29, 1.82) is 0 Å². The molecule has 1 saturated heterocycles. The van der Waals surface area contributed by atoms with Crippen molar-refractivity contribution in [2.75, 3.05) is 32.9 Å². The summed E-state index contributed by atoms with van der Waals surface area (Å²) in [6.07, 6.45) is 4.22. The quantitative estimate of drug-likeness (QED) is 0.548. The van der Waals surface area contributed by atoms with E-state index in [4.69, 9.17) is 9.47 Å². The molecule has 0 aromatic rings. The van der Waals surface area contributed by atoms with Gasteiger partial charge in [-0.1, -0.05) is 6.08 Å². The summed E-state index contributed by atoms with van der Waals surface area (Å²) in [5.74, 6) is 0.202. The summed E-state index contributed by atoms with van der Waals surface area (Å²) in [5.41, 5.74) is 0. The van der Waals surface area contributed by atoms with Crippen LogP contribution in [0.4, 0.5) is 0 Å². The van der Waals surface area contributed by atoms with E-state index in [1.807, 2.05) is 0 Å². The van der Waals surface area contributed by atoms with Gasteiger partial charge in [0.2, 0.25) is 0 Å². The fourth-order valence-electron chi connectivity index (χ4n) is 3.45. The van der Waals surface area contributed by atoms with Gasteiger partial charge in [0.1, 0.15) is 6.29 Å². The van der Waals surface area contributed by atoms with Gasteiger partial charge in [-0.3, -0.25) is 4.90 Å². The van der Waals surface area contributed by atoms with Crippen LogP contribution in [0.1, 0.15) is 19.3 Å². The molecular weight excluding hydrogens is 258 g/mol. The average Bonchev–Trinajstić information content (AvgIpc) is 2.79. The van der Waals surface area contributed by atoms with E-state index in [-0.39, 0.29) is 24.2 Å². The Morgan fingerprint density at radius 1 is 1.40 bits per heavy atom. The second-order valence-electron chi connectivity index (χ2n) is 5.51. The van der Waals surface area contributed by atoms with E-state index < -0.39 is 0 Å². The first-order chi connectivity index (χ1) is 9.77. The molecular formula is C15H25NO4. The minimum absolute atomic E-state index is 0.01000. The number of rotatable bonds is 7. The zero-order chi connectivity index (χ0) is 14.4. The van der Waals surface area contributed by atoms with Crippen LogP contribution in [-0.2, 0) is 14.3 Å². The number of hydrogen-bond acceptors (Lipinski definition) is 5. The van der Waals surface area contributed by atoms with Crippen LogP contribution in [0, 0.1) is 5.92 Å². The number of hydrogen-bond donors (Lipinski definition) is 1. The Bertz CT molecular complexity index is 317. The van der Waals surface area contributed by atoms with Gasteiger partial charge in [-0.25, -0.2) is 0 Å². The summed E-state index contributed by atoms with van der Waals surface area (Å²) in [6, 6.07) is 0.0775. The van der Waals surface area contributed by atoms with E-state index >= 15 is 0 Å². The number of aliphatic hydroxyl groups is 1. The first kappa shape index (κ1) is 15.6. The van der Waals surface area contributed by atoms with E-state index in [1.165, 1.54) is 0 Å². The predicted octanol–water partition coefficient (Wildman–Crippen LogP) is 0.618. The molecule has 0 spiro atoms. The van der Waals surface area contributed by atoms with Gasteiger partial charge in [0.05, 0.1) is 32.0 Å². The molecule has 5 nitrogen and oxygen atoms in total. The lowest BCUT2D eigenvalue weighted by atomic mass is 9.94. The normalized spacial score (nSPS) is 35.0. The number of carbonyl (C=O) groups excluding carboxylic acids is 1. The molecule has 1 aliphatic heterocycles. The highest BCUT2D eigenvalue weighted by Crippen LogP contribution is 2.36. The monoisotopic (exact) mass is 283 g/mol. The summed E-state index contributed by atoms with van der Waals surface area (Å²) >= 11 is 0. The molecule has 2 rings (SSSR count). The van der Waals surface area contributed by atoms with Gasteiger partial charge in [0.15, 0.2) is 0 Å². The summed E-state index contributed by atoms with van der Waals surface area (Å²) in [5, 5.41) is 10.4. The van der Waals surface area contributed by atoms with Crippen LogP contribution >= 0.6 is 0 Å². The van der Waals surface area contributed by atoms with E-state index in [1.54, 1.807) is 6.08 Å². The lowest BCUT2D eigenvalue weighted by molar-refractivity contribution is -0.108. The van der Waals surface area contributed by atoms with Crippen LogP contribution < -0.4 is 0 Å². The topological polar surface area (TPSA) is 59.0 Å². The first-order valence-electron chi connectivity index (χ1n) is 7.44. The third-order valence-electron chi connectivity index (χ3n) is 4.30. The third-order valence-corrected chi connectivity index (χ3v) is 4.30. The highest BCUT2D eigenvalue weighted by atomic mass is 16.5. The standard InChI is InChI=1S/C15H25NO4/c1-2-8-20-14-11-13(18)15(12(14)4-3-7-17)16-5-9-19-10-6-16/h2,7,12-15,18H,1,3-6,8-11H2/t12-,13+,14-,15+/m1/s1. The lowest BCUT2D eigenvalue weighted by Gasteiger charge is -2.37. The number of ether oxygens (including phenoxy) is 2. The highest BCUT2D eigenvalue weighted by Gasteiger charge is 2.45. The van der Waals surface area contributed by atoms with E-state index in [9.17, 15) is 9.90 Å². The molecule has 1 aliphatic carbocycles. The molecule has 1 saturated carbocycles. The van der Waals surface area contributed by atoms with Gasteiger partial charge in [-0.2, -0.15) is 0 Å². The summed E-state index contributed by atoms with van der Waals surface area (Å²) in [6.45, 7) is 7.26. The van der Waals surface area contributed by atoms with Crippen molar-refractivity contribution in [3.05, 3.63) is 12.7 Å². The average molecular weight is 283 g/mol. The van der Waals surface area contributed by atoms with Crippen LogP contribution in [0.3, 0.4) is 0 Å². The molecule has 0 amide bonds. The maximum Gasteiger partial charge on any atom is 0.120 e. The minimum atomic E-state index is -0.389. The number of nitrogens with zero attached hydrogens (tertiary/aromatic N) is 1. The van der Waals surface area contributed by atoms with E-state index in [0.717, 1.165) is 25.8 Å². The molecule has 1 N–H and O–H groups in total. The highest BCUT2D eigenvalue weighted by molar-refractivity contribution is 5.49.